The zero-order valence-corrected chi connectivity index (χ0v) is 16.2. The zero-order chi connectivity index (χ0) is 15.8. The molecule has 0 spiro atoms. The summed E-state index contributed by atoms with van der Waals surface area (Å²) in [5, 5.41) is 0. The van der Waals surface area contributed by atoms with E-state index in [-0.39, 0.29) is 0 Å². The first-order valence-electron chi connectivity index (χ1n) is 9.49. The van der Waals surface area contributed by atoms with Gasteiger partial charge in [0.15, 0.2) is 0 Å². The smallest absolute Gasteiger partial charge is 0.281 e. The van der Waals surface area contributed by atoms with Crippen molar-refractivity contribution in [3.8, 4) is 0 Å². The van der Waals surface area contributed by atoms with Crippen LogP contribution in [-0.2, 0) is 0 Å². The monoisotopic (exact) mass is 315 g/mol. The van der Waals surface area contributed by atoms with Crippen LogP contribution in [0.25, 0.3) is 0 Å². The average Bonchev–Trinajstić information content (AvgIpc) is 2.51. The van der Waals surface area contributed by atoms with E-state index in [1.54, 1.807) is 0 Å². The Balaban J connectivity index is 4.28. The second-order valence-electron chi connectivity index (χ2n) is 6.20. The van der Waals surface area contributed by atoms with Gasteiger partial charge in [-0.25, -0.2) is 0 Å². The van der Waals surface area contributed by atoms with Gasteiger partial charge in [0, 0.05) is 0 Å². The molecule has 0 saturated carbocycles. The van der Waals surface area contributed by atoms with Crippen LogP contribution in [0.4, 0.5) is 0 Å². The second kappa shape index (κ2) is 15.0. The molecule has 0 atom stereocenters. The summed E-state index contributed by atoms with van der Waals surface area (Å²) in [5.74, 6) is 0. The van der Waals surface area contributed by atoms with E-state index in [1.165, 1.54) is 63.8 Å². The molecule has 128 valence electrons. The molecule has 0 aromatic heterocycles. The molecule has 4 heteroatoms. The molecule has 21 heavy (non-hydrogen) atoms. The maximum absolute atomic E-state index is 3.87. The first-order valence-corrected chi connectivity index (χ1v) is 11.7. The normalized spacial score (nSPS) is 12.0. The number of hydrogen-bond donors (Lipinski definition) is 3. The minimum absolute atomic E-state index is 1.13. The highest BCUT2D eigenvalue weighted by atomic mass is 28.4. The third kappa shape index (κ3) is 11.3. The van der Waals surface area contributed by atoms with Crippen molar-refractivity contribution in [2.75, 3.05) is 19.6 Å². The van der Waals surface area contributed by atoms with E-state index in [1.807, 2.05) is 0 Å². The van der Waals surface area contributed by atoms with Gasteiger partial charge in [0.05, 0.1) is 0 Å². The third-order valence-electron chi connectivity index (χ3n) is 3.94. The van der Waals surface area contributed by atoms with Gasteiger partial charge in [0.25, 0.3) is 8.56 Å². The van der Waals surface area contributed by atoms with Crippen LogP contribution in [0, 0.1) is 0 Å². The molecule has 3 nitrogen and oxygen atoms in total. The number of nitrogens with one attached hydrogen (secondary N) is 3. The summed E-state index contributed by atoms with van der Waals surface area (Å²) in [6.45, 7) is 12.5. The van der Waals surface area contributed by atoms with Crippen LogP contribution >= 0.6 is 0 Å². The molecule has 3 N–H and O–H groups in total. The quantitative estimate of drug-likeness (QED) is 0.294. The molecule has 0 amide bonds. The van der Waals surface area contributed by atoms with Crippen molar-refractivity contribution in [2.24, 2.45) is 0 Å². The van der Waals surface area contributed by atoms with Crippen LogP contribution in [0.5, 0.6) is 0 Å². The van der Waals surface area contributed by atoms with Gasteiger partial charge in [0.1, 0.15) is 0 Å². The van der Waals surface area contributed by atoms with E-state index in [9.17, 15) is 0 Å². The summed E-state index contributed by atoms with van der Waals surface area (Å²) in [7, 11) is -1.68. The van der Waals surface area contributed by atoms with E-state index in [0.717, 1.165) is 19.6 Å². The Labute approximate surface area is 135 Å². The Kier molecular flexibility index (Phi) is 15.1. The van der Waals surface area contributed by atoms with Crippen molar-refractivity contribution in [2.45, 2.75) is 91.5 Å². The van der Waals surface area contributed by atoms with Crippen molar-refractivity contribution >= 4 is 8.56 Å². The van der Waals surface area contributed by atoms with Crippen molar-refractivity contribution in [3.05, 3.63) is 0 Å². The fourth-order valence-electron chi connectivity index (χ4n) is 2.64. The lowest BCUT2D eigenvalue weighted by atomic mass is 10.1. The molecule has 0 aliphatic rings. The Bertz CT molecular complexity index is 190. The van der Waals surface area contributed by atoms with Crippen molar-refractivity contribution in [1.29, 1.82) is 0 Å². The van der Waals surface area contributed by atoms with Gasteiger partial charge in [0.2, 0.25) is 0 Å². The molecular formula is C17H41N3Si. The molecule has 0 rings (SSSR count). The van der Waals surface area contributed by atoms with E-state index < -0.39 is 8.56 Å². The topological polar surface area (TPSA) is 36.1 Å². The Morgan fingerprint density at radius 2 is 0.952 bits per heavy atom. The van der Waals surface area contributed by atoms with Gasteiger partial charge < -0.3 is 14.9 Å². The molecular weight excluding hydrogens is 274 g/mol. The van der Waals surface area contributed by atoms with Crippen LogP contribution in [0.15, 0.2) is 0 Å². The molecule has 0 saturated heterocycles. The molecule has 0 aromatic carbocycles. The summed E-state index contributed by atoms with van der Waals surface area (Å²) < 4.78 is 0. The molecule has 0 unspecified atom stereocenters. The second-order valence-corrected chi connectivity index (χ2v) is 9.57. The molecule has 0 heterocycles. The highest BCUT2D eigenvalue weighted by Crippen LogP contribution is 2.11. The molecule has 0 bridgehead atoms. The number of hydrogen-bond acceptors (Lipinski definition) is 3. The summed E-state index contributed by atoms with van der Waals surface area (Å²) in [6.07, 6.45) is 12.0. The van der Waals surface area contributed by atoms with Gasteiger partial charge in [-0.1, -0.05) is 66.2 Å². The molecule has 0 aliphatic carbocycles. The lowest BCUT2D eigenvalue weighted by molar-refractivity contribution is 0.609. The minimum Gasteiger partial charge on any atom is -0.313 e. The largest absolute Gasteiger partial charge is 0.313 e. The lowest BCUT2D eigenvalue weighted by Crippen LogP contribution is -2.72. The van der Waals surface area contributed by atoms with Crippen LogP contribution < -0.4 is 14.9 Å². The van der Waals surface area contributed by atoms with E-state index in [4.69, 9.17) is 0 Å². The fourth-order valence-corrected chi connectivity index (χ4v) is 6.35. The highest BCUT2D eigenvalue weighted by Gasteiger charge is 2.31. The summed E-state index contributed by atoms with van der Waals surface area (Å²) in [5.41, 5.74) is 0. The van der Waals surface area contributed by atoms with Gasteiger partial charge >= 0.3 is 0 Å². The number of rotatable bonds is 16. The van der Waals surface area contributed by atoms with Gasteiger partial charge in [-0.05, 0) is 44.9 Å². The van der Waals surface area contributed by atoms with Crippen LogP contribution in [-0.4, -0.2) is 28.2 Å². The van der Waals surface area contributed by atoms with Gasteiger partial charge in [-0.2, -0.15) is 0 Å². The minimum atomic E-state index is -1.68. The Morgan fingerprint density at radius 3 is 1.38 bits per heavy atom. The van der Waals surface area contributed by atoms with Gasteiger partial charge in [-0.15, -0.1) is 0 Å². The maximum Gasteiger partial charge on any atom is 0.281 e. The third-order valence-corrected chi connectivity index (χ3v) is 7.60. The predicted molar refractivity (Wildman–Crippen MR) is 98.8 cm³/mol. The predicted octanol–water partition coefficient (Wildman–Crippen LogP) is 4.28. The number of unbranched alkanes of at least 4 members (excludes halogenated alkanes) is 5. The highest BCUT2D eigenvalue weighted by molar-refractivity contribution is 6.72. The van der Waals surface area contributed by atoms with Crippen LogP contribution in [0.1, 0.15) is 85.5 Å². The molecule has 0 fully saturated rings. The summed E-state index contributed by atoms with van der Waals surface area (Å²) in [6, 6.07) is 1.32. The first kappa shape index (κ1) is 21.1. The fraction of sp³-hybridized carbons (Fsp3) is 1.00. The van der Waals surface area contributed by atoms with E-state index in [0.29, 0.717) is 0 Å². The van der Waals surface area contributed by atoms with E-state index in [2.05, 4.69) is 42.6 Å². The molecule has 0 aliphatic heterocycles. The molecule has 0 radical (unpaired) electrons. The van der Waals surface area contributed by atoms with Gasteiger partial charge in [-0.3, -0.25) is 0 Å². The lowest BCUT2D eigenvalue weighted by Gasteiger charge is -2.34. The summed E-state index contributed by atoms with van der Waals surface area (Å²) in [4.78, 5) is 11.6. The maximum atomic E-state index is 3.87. The molecule has 0 aromatic rings. The zero-order valence-electron chi connectivity index (χ0n) is 15.2. The Morgan fingerprint density at radius 1 is 0.524 bits per heavy atom. The summed E-state index contributed by atoms with van der Waals surface area (Å²) >= 11 is 0. The van der Waals surface area contributed by atoms with E-state index >= 15 is 0 Å². The SMILES string of the molecule is CCCCCCCC[Si](NCCC)(NCCC)NCCC. The van der Waals surface area contributed by atoms with Crippen molar-refractivity contribution in [1.82, 2.24) is 14.9 Å². The van der Waals surface area contributed by atoms with Crippen LogP contribution in [0.2, 0.25) is 6.04 Å². The van der Waals surface area contributed by atoms with Crippen LogP contribution in [0.3, 0.4) is 0 Å². The first-order chi connectivity index (χ1) is 10.2. The Hall–Kier alpha value is 0.0969. The standard InChI is InChI=1S/C17H41N3Si/c1-5-9-10-11-12-13-17-21(18-14-6-2,19-15-7-3)20-16-8-4/h18-20H,5-17H2,1-4H3. The van der Waals surface area contributed by atoms with Crippen molar-refractivity contribution < 1.29 is 0 Å². The average molecular weight is 316 g/mol. The van der Waals surface area contributed by atoms with Crippen molar-refractivity contribution in [3.63, 3.8) is 0 Å².